The number of aryl methyl sites for hydroxylation is 2. The number of aromatic nitrogens is 6. The molecule has 3 amide bonds. The van der Waals surface area contributed by atoms with Gasteiger partial charge < -0.3 is 40.1 Å². The number of amides is 3. The quantitative estimate of drug-likeness (QED) is 0.113. The summed E-state index contributed by atoms with van der Waals surface area (Å²) in [5.41, 5.74) is 10.8. The number of esters is 1. The van der Waals surface area contributed by atoms with Gasteiger partial charge in [0.05, 0.1) is 18.4 Å². The van der Waals surface area contributed by atoms with Crippen LogP contribution in [0, 0.1) is 25.7 Å². The summed E-state index contributed by atoms with van der Waals surface area (Å²) in [5, 5.41) is 18.2. The number of nitrogens with one attached hydrogen (secondary N) is 3. The second-order valence-electron chi connectivity index (χ2n) is 19.9. The molecule has 0 aliphatic carbocycles. The summed E-state index contributed by atoms with van der Waals surface area (Å²) in [5.74, 6) is 1.62. The Kier molecular flexibility index (Phi) is 18.1. The molecule has 392 valence electrons. The molecule has 2 saturated heterocycles. The third-order valence-electron chi connectivity index (χ3n) is 13.1. The van der Waals surface area contributed by atoms with Crippen molar-refractivity contribution in [2.45, 2.75) is 80.0 Å². The minimum absolute atomic E-state index is 0. The van der Waals surface area contributed by atoms with Gasteiger partial charge in [0.25, 0.3) is 0 Å². The highest BCUT2D eigenvalue weighted by Gasteiger charge is 2.36. The van der Waals surface area contributed by atoms with Crippen LogP contribution in [-0.4, -0.2) is 123 Å². The molecule has 0 unspecified atom stereocenters. The maximum Gasteiger partial charge on any atom is 0.410 e. The van der Waals surface area contributed by atoms with Crippen LogP contribution in [0.15, 0.2) is 97.9 Å². The van der Waals surface area contributed by atoms with E-state index in [0.717, 1.165) is 65.3 Å². The van der Waals surface area contributed by atoms with Gasteiger partial charge in [0.15, 0.2) is 11.6 Å². The van der Waals surface area contributed by atoms with E-state index in [1.807, 2.05) is 48.1 Å². The van der Waals surface area contributed by atoms with Crippen molar-refractivity contribution in [3.63, 3.8) is 0 Å². The van der Waals surface area contributed by atoms with E-state index in [-0.39, 0.29) is 48.1 Å². The maximum atomic E-state index is 12.6. The molecule has 0 atom stereocenters. The average Bonchev–Trinajstić information content (AvgIpc) is 4.00. The number of fused-ring (bicyclic) bond motifs is 2. The Morgan fingerprint density at radius 1 is 0.716 bits per heavy atom. The van der Waals surface area contributed by atoms with Gasteiger partial charge >= 0.3 is 12.1 Å². The fraction of sp³-hybridized carbons (Fsp3) is 0.418. The smallest absolute Gasteiger partial charge is 0.410 e. The summed E-state index contributed by atoms with van der Waals surface area (Å²) < 4.78 is 13.6. The van der Waals surface area contributed by atoms with E-state index in [4.69, 9.17) is 4.74 Å². The van der Waals surface area contributed by atoms with Crippen LogP contribution in [0.25, 0.3) is 22.2 Å². The average molecular weight is 1030 g/mol. The summed E-state index contributed by atoms with van der Waals surface area (Å²) in [6.07, 6.45) is 13.0. The van der Waals surface area contributed by atoms with E-state index >= 15 is 0 Å². The predicted molar refractivity (Wildman–Crippen MR) is 289 cm³/mol. The van der Waals surface area contributed by atoms with Crippen molar-refractivity contribution in [2.24, 2.45) is 11.8 Å². The van der Waals surface area contributed by atoms with E-state index in [0.29, 0.717) is 59.0 Å². The molecule has 19 heteroatoms. The van der Waals surface area contributed by atoms with Crippen LogP contribution in [0.1, 0.15) is 80.8 Å². The largest absolute Gasteiger partial charge is 0.466 e. The van der Waals surface area contributed by atoms with Gasteiger partial charge in [-0.3, -0.25) is 14.4 Å². The first kappa shape index (κ1) is 54.5. The van der Waals surface area contributed by atoms with Gasteiger partial charge in [0.1, 0.15) is 29.3 Å². The van der Waals surface area contributed by atoms with Crippen molar-refractivity contribution in [3.8, 4) is 0 Å². The highest BCUT2D eigenvalue weighted by Crippen LogP contribution is 2.32. The Hall–Kier alpha value is -7.31. The zero-order chi connectivity index (χ0) is 51.6. The van der Waals surface area contributed by atoms with Gasteiger partial charge in [0, 0.05) is 78.2 Å². The minimum Gasteiger partial charge on any atom is -0.466 e. The lowest BCUT2D eigenvalue weighted by Gasteiger charge is -2.39. The van der Waals surface area contributed by atoms with Crippen LogP contribution < -0.4 is 25.8 Å². The Morgan fingerprint density at radius 2 is 1.20 bits per heavy atom. The molecule has 10 rings (SSSR count). The molecule has 0 bridgehead atoms. The molecule has 74 heavy (non-hydrogen) atoms. The number of hydrogen-bond donors (Lipinski definition) is 3. The van der Waals surface area contributed by atoms with Gasteiger partial charge in [-0.05, 0) is 106 Å². The van der Waals surface area contributed by atoms with E-state index < -0.39 is 5.60 Å². The van der Waals surface area contributed by atoms with Crippen LogP contribution in [0.3, 0.4) is 0 Å². The molecule has 2 aromatic carbocycles. The van der Waals surface area contributed by atoms with Crippen molar-refractivity contribution in [3.05, 3.63) is 131 Å². The second kappa shape index (κ2) is 24.6. The number of benzene rings is 2. The lowest BCUT2D eigenvalue weighted by molar-refractivity contribution is -0.140. The van der Waals surface area contributed by atoms with Crippen molar-refractivity contribution in [2.75, 3.05) is 68.8 Å². The van der Waals surface area contributed by atoms with Crippen molar-refractivity contribution in [1.82, 2.24) is 50.0 Å². The van der Waals surface area contributed by atoms with E-state index in [2.05, 4.69) is 131 Å². The minimum atomic E-state index is -0.506. The number of hydrogen-bond acceptors (Lipinski definition) is 13. The van der Waals surface area contributed by atoms with E-state index in [1.165, 1.54) is 34.8 Å². The zero-order valence-corrected chi connectivity index (χ0v) is 44.3. The van der Waals surface area contributed by atoms with Crippen LogP contribution in [0.4, 0.5) is 16.4 Å². The van der Waals surface area contributed by atoms with Crippen molar-refractivity contribution in [1.29, 1.82) is 0 Å². The van der Waals surface area contributed by atoms with Crippen molar-refractivity contribution < 1.29 is 28.7 Å². The van der Waals surface area contributed by atoms with Gasteiger partial charge in [-0.1, -0.05) is 71.8 Å². The highest BCUT2D eigenvalue weighted by molar-refractivity contribution is 5.86. The van der Waals surface area contributed by atoms with Gasteiger partial charge in [-0.15, -0.1) is 12.4 Å². The molecular weight excluding hydrogens is 960 g/mol. The number of halogens is 1. The number of anilines is 2. The fourth-order valence-electron chi connectivity index (χ4n) is 8.90. The zero-order valence-electron chi connectivity index (χ0n) is 43.5. The van der Waals surface area contributed by atoms with Crippen LogP contribution in [0.2, 0.25) is 0 Å². The molecule has 4 aliphatic heterocycles. The van der Waals surface area contributed by atoms with E-state index in [1.54, 1.807) is 24.5 Å². The first-order valence-corrected chi connectivity index (χ1v) is 25.1. The van der Waals surface area contributed by atoms with Crippen LogP contribution >= 0.6 is 12.4 Å². The monoisotopic (exact) mass is 1030 g/mol. The van der Waals surface area contributed by atoms with Crippen molar-refractivity contribution >= 4 is 70.1 Å². The highest BCUT2D eigenvalue weighted by atomic mass is 35.5. The SMILES string of the molecule is CCOC(C)=O.Cc1ccc(CNC(=O)C2CN(c3ncnn4cc(C5=CCN(C(=O)OC(C)(C)C)CC5)cc34)C2)cc1.Cc1ccc(CNC(=O)C2CN(c3ncnn4cc(C5=CCNCC5)cc34)C2)cc1.Cl. The number of rotatable bonds is 11. The summed E-state index contributed by atoms with van der Waals surface area (Å²) in [6, 6.07) is 20.7. The Morgan fingerprint density at radius 3 is 1.59 bits per heavy atom. The molecule has 18 nitrogen and oxygen atoms in total. The van der Waals surface area contributed by atoms with Crippen LogP contribution in [-0.2, 0) is 36.9 Å². The van der Waals surface area contributed by atoms with Gasteiger partial charge in [0.2, 0.25) is 11.8 Å². The van der Waals surface area contributed by atoms with Gasteiger partial charge in [-0.2, -0.15) is 10.2 Å². The normalized spacial score (nSPS) is 15.7. The summed E-state index contributed by atoms with van der Waals surface area (Å²) in [6.45, 7) is 20.1. The molecule has 0 radical (unpaired) electrons. The molecule has 3 N–H and O–H groups in total. The molecular formula is C55H69ClN12O6. The number of nitrogens with zero attached hydrogens (tertiary/aromatic N) is 9. The summed E-state index contributed by atoms with van der Waals surface area (Å²) in [4.78, 5) is 62.4. The predicted octanol–water partition coefficient (Wildman–Crippen LogP) is 6.97. The number of carbonyl (C=O) groups is 4. The summed E-state index contributed by atoms with van der Waals surface area (Å²) in [7, 11) is 0. The summed E-state index contributed by atoms with van der Waals surface area (Å²) >= 11 is 0. The molecule has 0 spiro atoms. The molecule has 0 saturated carbocycles. The first-order chi connectivity index (χ1) is 35.1. The standard InChI is InChI=1S/C28H34N6O3.C23H26N6O.C4H8O2.ClH/c1-19-5-7-20(8-6-19)14-29-26(35)23-15-33(16-23)25-24-13-22(17-34(24)31-18-30-25)21-9-11-32(12-10-21)27(36)37-28(2,3)4;1-16-2-4-17(5-3-16)11-25-23(30)20-12-28(13-20)22-21-10-19(14-29(21)27-15-26-22)18-6-8-24-9-7-18;1-3-6-4(2)5;/h5-9,13,17-18,23H,10-12,14-16H2,1-4H3,(H,29,35);2-6,10,14-15,20,24H,7-9,11-13H2,1H3,(H,25,30);3H2,1-2H3;1H. The first-order valence-electron chi connectivity index (χ1n) is 25.1. The number of carbonyl (C=O) groups excluding carboxylic acids is 4. The molecule has 2 fully saturated rings. The number of ether oxygens (including phenoxy) is 2. The lowest BCUT2D eigenvalue weighted by atomic mass is 9.98. The van der Waals surface area contributed by atoms with E-state index in [9.17, 15) is 19.2 Å². The third kappa shape index (κ3) is 14.0. The Labute approximate surface area is 439 Å². The Balaban J connectivity index is 0.000000195. The molecule has 4 aromatic heterocycles. The fourth-order valence-corrected chi connectivity index (χ4v) is 8.90. The topological polar surface area (TPSA) is 193 Å². The Bertz CT molecular complexity index is 2970. The lowest BCUT2D eigenvalue weighted by Crippen LogP contribution is -2.54. The maximum absolute atomic E-state index is 12.6. The third-order valence-corrected chi connectivity index (χ3v) is 13.1. The van der Waals surface area contributed by atoms with Gasteiger partial charge in [-0.25, -0.2) is 23.8 Å². The second-order valence-corrected chi connectivity index (χ2v) is 19.9. The molecule has 8 heterocycles. The van der Waals surface area contributed by atoms with Crippen LogP contribution in [0.5, 0.6) is 0 Å². The molecule has 4 aliphatic rings. The molecule has 6 aromatic rings.